The predicted molar refractivity (Wildman–Crippen MR) is 244 cm³/mol. The van der Waals surface area contributed by atoms with Crippen molar-refractivity contribution in [1.29, 1.82) is 0 Å². The van der Waals surface area contributed by atoms with Crippen molar-refractivity contribution < 1.29 is 85.2 Å². The van der Waals surface area contributed by atoms with Gasteiger partial charge < -0.3 is 59.8 Å². The average Bonchev–Trinajstić information content (AvgIpc) is 3.19. The molecule has 0 saturated carbocycles. The van der Waals surface area contributed by atoms with E-state index in [1.807, 2.05) is 41.5 Å². The molecule has 8 unspecified atom stereocenters. The van der Waals surface area contributed by atoms with Gasteiger partial charge in [-0.1, -0.05) is 65.4 Å². The van der Waals surface area contributed by atoms with Crippen molar-refractivity contribution in [1.82, 2.24) is 0 Å². The average molecular weight is 928 g/mol. The van der Waals surface area contributed by atoms with Crippen LogP contribution in [0.3, 0.4) is 0 Å². The van der Waals surface area contributed by atoms with E-state index in [1.165, 1.54) is 11.3 Å². The molecule has 62 heavy (non-hydrogen) atoms. The van der Waals surface area contributed by atoms with Gasteiger partial charge in [0.2, 0.25) is 0 Å². The molecular weight excluding hydrogens is 838 g/mol. The van der Waals surface area contributed by atoms with E-state index in [2.05, 4.69) is 37.7 Å². The van der Waals surface area contributed by atoms with E-state index in [0.29, 0.717) is 46.2 Å². The Morgan fingerprint density at radius 3 is 1.13 bits per heavy atom. The fourth-order valence-electron chi connectivity index (χ4n) is 3.85. The maximum absolute atomic E-state index is 10.8. The Balaban J connectivity index is -0.000000165. The van der Waals surface area contributed by atoms with Crippen molar-refractivity contribution in [2.24, 2.45) is 10.8 Å². The molecule has 0 radical (unpaired) electrons. The summed E-state index contributed by atoms with van der Waals surface area (Å²) in [6, 6.07) is -0.00816. The normalized spacial score (nSPS) is 14.5. The van der Waals surface area contributed by atoms with Crippen LogP contribution in [0.25, 0.3) is 26.4 Å². The van der Waals surface area contributed by atoms with Gasteiger partial charge in [0, 0.05) is 37.4 Å². The van der Waals surface area contributed by atoms with Gasteiger partial charge in [-0.25, -0.2) is 0 Å². The van der Waals surface area contributed by atoms with Crippen LogP contribution in [0.2, 0.25) is 0 Å². The van der Waals surface area contributed by atoms with Gasteiger partial charge in [0.05, 0.1) is 102 Å². The SMILES string of the molecule is CCCCOCC(C)OCC(C)N.CCCCOCC(C)OCC(C)N=[N+]=[N-].CCCCOCC(C)OCC(C)O.CCCCOCC(C)OCC(C)OS(C)(=O)=O.[N-]=[N+]=[N-].[Na+]. The smallest absolute Gasteiger partial charge is 0.391 e. The zero-order valence-electron chi connectivity index (χ0n) is 41.4. The summed E-state index contributed by atoms with van der Waals surface area (Å²) in [6.07, 6.45) is 9.33. The largest absolute Gasteiger partial charge is 1.00 e. The summed E-state index contributed by atoms with van der Waals surface area (Å²) in [5, 5.41) is 12.5. The number of unbranched alkanes of at least 4 members (excludes halogenated alkanes) is 4. The first-order chi connectivity index (χ1) is 28.8. The van der Waals surface area contributed by atoms with Gasteiger partial charge >= 0.3 is 29.6 Å². The van der Waals surface area contributed by atoms with Crippen LogP contribution >= 0.6 is 0 Å². The molecule has 19 nitrogen and oxygen atoms in total. The number of rotatable bonds is 35. The number of ether oxygens (including phenoxy) is 8. The minimum atomic E-state index is -3.41. The minimum absolute atomic E-state index is 0. The molecule has 0 aromatic rings. The summed E-state index contributed by atoms with van der Waals surface area (Å²) in [5.41, 5.74) is 27.2. The van der Waals surface area contributed by atoms with E-state index in [1.54, 1.807) is 13.8 Å². The second-order valence-electron chi connectivity index (χ2n) is 14.9. The molecular formula is C41H90N7NaO12S. The van der Waals surface area contributed by atoms with E-state index in [0.717, 1.165) is 77.6 Å². The van der Waals surface area contributed by atoms with E-state index >= 15 is 0 Å². The van der Waals surface area contributed by atoms with Crippen LogP contribution in [0.15, 0.2) is 5.11 Å². The van der Waals surface area contributed by atoms with Gasteiger partial charge in [-0.2, -0.15) is 8.42 Å². The Hall–Kier alpha value is -0.870. The number of nitrogens with two attached hydrogens (primary N) is 1. The minimum Gasteiger partial charge on any atom is -0.391 e. The zero-order valence-corrected chi connectivity index (χ0v) is 44.2. The standard InChI is InChI=1S/C11H24O5S.C10H21N3O2.C10H23NO2.C10H22O3.N3.Na/c1-5-6-7-14-8-10(2)15-9-11(3)16-17(4,12)13;1-4-5-6-14-8-10(3)15-7-9(2)12-13-11;2*1-4-5-6-12-8-10(3)13-7-9(2)11;1-3-2;/h10-11H,5-9H2,1-4H3;9-10H,4-8H2,1-3H3;9-10H,4-8,11H2,1-3H3;9-11H,4-8H2,1-3H3;;/q;;;;-1;+1. The first kappa shape index (κ1) is 72.7. The Kier molecular flexibility index (Phi) is 66.0. The van der Waals surface area contributed by atoms with Crippen LogP contribution < -0.4 is 35.3 Å². The number of azide groups is 1. The summed E-state index contributed by atoms with van der Waals surface area (Å²) in [4.78, 5) is 4.21. The molecule has 0 saturated heterocycles. The van der Waals surface area contributed by atoms with Crippen LogP contribution in [-0.4, -0.2) is 148 Å². The summed E-state index contributed by atoms with van der Waals surface area (Å²) < 4.78 is 69.5. The van der Waals surface area contributed by atoms with Crippen molar-refractivity contribution in [3.63, 3.8) is 0 Å². The first-order valence-corrected chi connectivity index (χ1v) is 23.7. The van der Waals surface area contributed by atoms with Gasteiger partial charge in [0.25, 0.3) is 10.1 Å². The summed E-state index contributed by atoms with van der Waals surface area (Å²) in [7, 11) is -3.41. The first-order valence-electron chi connectivity index (χ1n) is 21.9. The third kappa shape index (κ3) is 76.4. The van der Waals surface area contributed by atoms with Crippen LogP contribution in [-0.2, 0) is 52.2 Å². The Labute approximate surface area is 399 Å². The zero-order chi connectivity index (χ0) is 47.7. The van der Waals surface area contributed by atoms with Crippen molar-refractivity contribution >= 4 is 10.1 Å². The van der Waals surface area contributed by atoms with Gasteiger partial charge in [0.1, 0.15) is 0 Å². The fourth-order valence-corrected chi connectivity index (χ4v) is 4.50. The van der Waals surface area contributed by atoms with Gasteiger partial charge in [0.15, 0.2) is 0 Å². The van der Waals surface area contributed by atoms with E-state index in [4.69, 9.17) is 69.5 Å². The van der Waals surface area contributed by atoms with Crippen molar-refractivity contribution in [2.75, 3.05) is 85.5 Å². The monoisotopic (exact) mass is 928 g/mol. The van der Waals surface area contributed by atoms with Gasteiger partial charge in [-0.15, -0.1) is 0 Å². The van der Waals surface area contributed by atoms with E-state index < -0.39 is 22.3 Å². The van der Waals surface area contributed by atoms with Gasteiger partial charge in [-0.05, 0) is 79.7 Å². The number of aliphatic hydroxyl groups is 1. The molecule has 0 aliphatic heterocycles. The predicted octanol–water partition coefficient (Wildman–Crippen LogP) is 5.49. The van der Waals surface area contributed by atoms with Crippen molar-refractivity contribution in [3.05, 3.63) is 26.4 Å². The molecule has 21 heteroatoms. The second kappa shape index (κ2) is 56.3. The maximum atomic E-state index is 10.8. The second-order valence-corrected chi connectivity index (χ2v) is 16.5. The maximum Gasteiger partial charge on any atom is 1.00 e. The molecule has 8 atom stereocenters. The van der Waals surface area contributed by atoms with Crippen molar-refractivity contribution in [2.45, 2.75) is 183 Å². The molecule has 0 spiro atoms. The van der Waals surface area contributed by atoms with Crippen LogP contribution in [0, 0.1) is 0 Å². The molecule has 0 fully saturated rings. The Morgan fingerprint density at radius 1 is 0.548 bits per heavy atom. The molecule has 0 heterocycles. The molecule has 0 aliphatic rings. The van der Waals surface area contributed by atoms with Gasteiger partial charge in [-0.3, -0.25) is 9.09 Å². The molecule has 368 valence electrons. The summed E-state index contributed by atoms with van der Waals surface area (Å²) >= 11 is 0. The molecule has 0 rings (SSSR count). The molecule has 0 aromatic heterocycles. The number of aliphatic hydroxyl groups excluding tert-OH is 1. The van der Waals surface area contributed by atoms with Crippen molar-refractivity contribution in [3.8, 4) is 0 Å². The number of hydrogen-bond donors (Lipinski definition) is 2. The Morgan fingerprint density at radius 2 is 0.855 bits per heavy atom. The number of hydrogen-bond acceptors (Lipinski definition) is 14. The fraction of sp³-hybridized carbons (Fsp3) is 1.00. The van der Waals surface area contributed by atoms with Crippen LogP contribution in [0.1, 0.15) is 134 Å². The topological polar surface area (TPSA) is 271 Å². The van der Waals surface area contributed by atoms with Crippen LogP contribution in [0.5, 0.6) is 0 Å². The third-order valence-corrected chi connectivity index (χ3v) is 7.75. The molecule has 3 N–H and O–H groups in total. The van der Waals surface area contributed by atoms with Crippen LogP contribution in [0.4, 0.5) is 0 Å². The summed E-state index contributed by atoms with van der Waals surface area (Å²) in [6.45, 7) is 30.7. The molecule has 0 bridgehead atoms. The molecule has 0 aromatic carbocycles. The quantitative estimate of drug-likeness (QED) is 0.0199. The third-order valence-electron chi connectivity index (χ3n) is 7.07. The Bertz CT molecular complexity index is 1050. The molecule has 0 amide bonds. The van der Waals surface area contributed by atoms with E-state index in [9.17, 15) is 8.42 Å². The summed E-state index contributed by atoms with van der Waals surface area (Å²) in [5.74, 6) is 0. The van der Waals surface area contributed by atoms with E-state index in [-0.39, 0.29) is 72.7 Å². The number of nitrogens with zero attached hydrogens (tertiary/aromatic N) is 6. The molecule has 0 aliphatic carbocycles.